The Morgan fingerprint density at radius 3 is 2.90 bits per heavy atom. The highest BCUT2D eigenvalue weighted by molar-refractivity contribution is 7.99. The number of amides is 1. The van der Waals surface area contributed by atoms with Gasteiger partial charge in [-0.25, -0.2) is 9.78 Å². The van der Waals surface area contributed by atoms with Gasteiger partial charge in [0.1, 0.15) is 17.4 Å². The van der Waals surface area contributed by atoms with Crippen LogP contribution in [-0.2, 0) is 4.79 Å². The van der Waals surface area contributed by atoms with E-state index in [1.807, 2.05) is 0 Å². The summed E-state index contributed by atoms with van der Waals surface area (Å²) < 4.78 is 0. The molecule has 10 heteroatoms. The van der Waals surface area contributed by atoms with Crippen molar-refractivity contribution in [2.75, 3.05) is 11.6 Å². The fraction of sp³-hybridized carbons (Fsp3) is 0.300. The Morgan fingerprint density at radius 1 is 1.60 bits per heavy atom. The van der Waals surface area contributed by atoms with Crippen LogP contribution in [0.5, 0.6) is 0 Å². The largest absolute Gasteiger partial charge is 0.480 e. The number of rotatable bonds is 3. The number of nitro groups is 1. The number of nitrogens with zero attached hydrogens (tertiary/aromatic N) is 3. The normalized spacial score (nSPS) is 18.1. The number of pyridine rings is 1. The number of carbonyl (C=O) groups excluding carboxylic acids is 1. The maximum absolute atomic E-state index is 12.3. The van der Waals surface area contributed by atoms with Crippen molar-refractivity contribution in [3.63, 3.8) is 0 Å². The van der Waals surface area contributed by atoms with Crippen molar-refractivity contribution in [3.05, 3.63) is 33.1 Å². The van der Waals surface area contributed by atoms with E-state index in [4.69, 9.17) is 16.7 Å². The zero-order valence-corrected chi connectivity index (χ0v) is 11.4. The van der Waals surface area contributed by atoms with Gasteiger partial charge in [0.05, 0.1) is 16.4 Å². The number of carboxylic acid groups (broad SMARTS) is 1. The van der Waals surface area contributed by atoms with Crippen LogP contribution < -0.4 is 0 Å². The van der Waals surface area contributed by atoms with E-state index in [1.54, 1.807) is 0 Å². The van der Waals surface area contributed by atoms with Crippen LogP contribution in [0.15, 0.2) is 12.3 Å². The van der Waals surface area contributed by atoms with E-state index in [0.29, 0.717) is 0 Å². The molecule has 0 bridgehead atoms. The number of halogens is 1. The summed E-state index contributed by atoms with van der Waals surface area (Å²) in [6.45, 7) is 0. The summed E-state index contributed by atoms with van der Waals surface area (Å²) in [6.07, 6.45) is 0.937. The molecule has 1 unspecified atom stereocenters. The molecule has 0 aromatic carbocycles. The lowest BCUT2D eigenvalue weighted by Crippen LogP contribution is -2.41. The average molecular weight is 318 g/mol. The van der Waals surface area contributed by atoms with Crippen LogP contribution in [-0.4, -0.2) is 49.5 Å². The van der Waals surface area contributed by atoms with Gasteiger partial charge in [-0.05, 0) is 0 Å². The second-order valence-corrected chi connectivity index (χ2v) is 5.28. The first-order valence-electron chi connectivity index (χ1n) is 5.33. The molecule has 1 aliphatic rings. The summed E-state index contributed by atoms with van der Waals surface area (Å²) in [5.41, 5.74) is -0.550. The predicted octanol–water partition coefficient (Wildman–Crippen LogP) is 1.24. The summed E-state index contributed by atoms with van der Waals surface area (Å²) in [7, 11) is 0. The van der Waals surface area contributed by atoms with Gasteiger partial charge < -0.3 is 10.0 Å². The van der Waals surface area contributed by atoms with Crippen LogP contribution >= 0.6 is 23.4 Å². The number of thioether (sulfide) groups is 1. The highest BCUT2D eigenvalue weighted by Gasteiger charge is 2.36. The molecule has 0 saturated carbocycles. The molecule has 1 aromatic heterocycles. The number of aliphatic carboxylic acids is 1. The zero-order chi connectivity index (χ0) is 14.9. The van der Waals surface area contributed by atoms with E-state index in [1.165, 1.54) is 11.8 Å². The molecule has 1 amide bonds. The minimum atomic E-state index is -1.13. The molecule has 8 nitrogen and oxygen atoms in total. The van der Waals surface area contributed by atoms with Gasteiger partial charge in [-0.2, -0.15) is 0 Å². The SMILES string of the molecule is O=C(O)C1CSCN1C(=O)c1cc([N+](=O)[O-])cnc1Cl. The lowest BCUT2D eigenvalue weighted by molar-refractivity contribution is -0.385. The number of aromatic nitrogens is 1. The van der Waals surface area contributed by atoms with E-state index in [0.717, 1.165) is 17.2 Å². The van der Waals surface area contributed by atoms with Gasteiger partial charge in [0.25, 0.3) is 11.6 Å². The first-order valence-corrected chi connectivity index (χ1v) is 6.86. The molecule has 1 atom stereocenters. The molecular formula is C10H8ClN3O5S. The third kappa shape index (κ3) is 2.68. The van der Waals surface area contributed by atoms with Crippen molar-refractivity contribution < 1.29 is 19.6 Å². The molecule has 1 fully saturated rings. The molecule has 20 heavy (non-hydrogen) atoms. The molecule has 0 spiro atoms. The third-order valence-electron chi connectivity index (χ3n) is 2.69. The van der Waals surface area contributed by atoms with E-state index in [2.05, 4.69) is 4.98 Å². The number of carboxylic acids is 1. The topological polar surface area (TPSA) is 114 Å². The molecule has 1 aliphatic heterocycles. The third-order valence-corrected chi connectivity index (χ3v) is 4.01. The van der Waals surface area contributed by atoms with Crippen molar-refractivity contribution in [2.45, 2.75) is 6.04 Å². The fourth-order valence-corrected chi connectivity index (χ4v) is 3.02. The highest BCUT2D eigenvalue weighted by Crippen LogP contribution is 2.27. The number of hydrogen-bond donors (Lipinski definition) is 1. The number of carbonyl (C=O) groups is 2. The van der Waals surface area contributed by atoms with Crippen LogP contribution in [0.2, 0.25) is 5.15 Å². The Kier molecular flexibility index (Phi) is 4.09. The quantitative estimate of drug-likeness (QED) is 0.507. The molecule has 1 saturated heterocycles. The van der Waals surface area contributed by atoms with Gasteiger partial charge in [0, 0.05) is 11.8 Å². The Bertz CT molecular complexity index is 596. The van der Waals surface area contributed by atoms with Gasteiger partial charge in [-0.3, -0.25) is 14.9 Å². The van der Waals surface area contributed by atoms with Crippen molar-refractivity contribution in [2.24, 2.45) is 0 Å². The standard InChI is InChI=1S/C10H8ClN3O5S/c11-8-6(1-5(2-12-8)14(18)19)9(15)13-4-20-3-7(13)10(16)17/h1-2,7H,3-4H2,(H,16,17). The molecule has 0 aliphatic carbocycles. The smallest absolute Gasteiger partial charge is 0.327 e. The van der Waals surface area contributed by atoms with Crippen LogP contribution in [0.25, 0.3) is 0 Å². The summed E-state index contributed by atoms with van der Waals surface area (Å²) in [5.74, 6) is -1.35. The molecule has 0 radical (unpaired) electrons. The summed E-state index contributed by atoms with van der Waals surface area (Å²) in [6, 6.07) is 0.0300. The lowest BCUT2D eigenvalue weighted by Gasteiger charge is -2.20. The molecular weight excluding hydrogens is 310 g/mol. The van der Waals surface area contributed by atoms with Gasteiger partial charge in [0.15, 0.2) is 0 Å². The highest BCUT2D eigenvalue weighted by atomic mass is 35.5. The van der Waals surface area contributed by atoms with Crippen molar-refractivity contribution in [3.8, 4) is 0 Å². The zero-order valence-electron chi connectivity index (χ0n) is 9.85. The van der Waals surface area contributed by atoms with E-state index in [-0.39, 0.29) is 28.0 Å². The minimum absolute atomic E-state index is 0.172. The Morgan fingerprint density at radius 2 is 2.30 bits per heavy atom. The van der Waals surface area contributed by atoms with Crippen molar-refractivity contribution >= 4 is 40.9 Å². The van der Waals surface area contributed by atoms with Crippen molar-refractivity contribution in [1.29, 1.82) is 0 Å². The van der Waals surface area contributed by atoms with Gasteiger partial charge >= 0.3 is 5.97 Å². The molecule has 2 rings (SSSR count). The van der Waals surface area contributed by atoms with Crippen LogP contribution in [0.3, 0.4) is 0 Å². The van der Waals surface area contributed by atoms with Crippen LogP contribution in [0, 0.1) is 10.1 Å². The lowest BCUT2D eigenvalue weighted by atomic mass is 10.2. The van der Waals surface area contributed by atoms with Gasteiger partial charge in [-0.1, -0.05) is 11.6 Å². The van der Waals surface area contributed by atoms with Gasteiger partial charge in [-0.15, -0.1) is 11.8 Å². The van der Waals surface area contributed by atoms with Crippen LogP contribution in [0.4, 0.5) is 5.69 Å². The monoisotopic (exact) mass is 317 g/mol. The maximum Gasteiger partial charge on any atom is 0.327 e. The Hall–Kier alpha value is -1.87. The second kappa shape index (κ2) is 5.63. The maximum atomic E-state index is 12.3. The van der Waals surface area contributed by atoms with Gasteiger partial charge in [0.2, 0.25) is 0 Å². The van der Waals surface area contributed by atoms with E-state index >= 15 is 0 Å². The molecule has 1 N–H and O–H groups in total. The van der Waals surface area contributed by atoms with Crippen molar-refractivity contribution in [1.82, 2.24) is 9.88 Å². The first kappa shape index (κ1) is 14.5. The second-order valence-electron chi connectivity index (χ2n) is 3.92. The Balaban J connectivity index is 2.35. The summed E-state index contributed by atoms with van der Waals surface area (Å²) in [4.78, 5) is 38.0. The summed E-state index contributed by atoms with van der Waals surface area (Å²) >= 11 is 7.05. The first-order chi connectivity index (χ1) is 9.41. The van der Waals surface area contributed by atoms with E-state index < -0.39 is 22.8 Å². The number of hydrogen-bond acceptors (Lipinski definition) is 6. The predicted molar refractivity (Wildman–Crippen MR) is 70.8 cm³/mol. The molecule has 2 heterocycles. The summed E-state index contributed by atoms with van der Waals surface area (Å²) in [5, 5.41) is 19.5. The molecule has 106 valence electrons. The van der Waals surface area contributed by atoms with E-state index in [9.17, 15) is 19.7 Å². The van der Waals surface area contributed by atoms with Crippen LogP contribution in [0.1, 0.15) is 10.4 Å². The average Bonchev–Trinajstić information content (AvgIpc) is 2.87. The Labute approximate surface area is 121 Å². The molecule has 1 aromatic rings. The minimum Gasteiger partial charge on any atom is -0.480 e. The fourth-order valence-electron chi connectivity index (χ4n) is 1.69.